The van der Waals surface area contributed by atoms with Gasteiger partial charge in [0, 0.05) is 4.88 Å². The Morgan fingerprint density at radius 1 is 1.33 bits per heavy atom. The first-order chi connectivity index (χ1) is 7.20. The lowest BCUT2D eigenvalue weighted by Gasteiger charge is -2.04. The topological polar surface area (TPSA) is 20.2 Å². The number of hydrogen-bond donors (Lipinski definition) is 1. The van der Waals surface area contributed by atoms with Gasteiger partial charge < -0.3 is 5.11 Å². The lowest BCUT2D eigenvalue weighted by Crippen LogP contribution is -1.89. The van der Waals surface area contributed by atoms with Crippen molar-refractivity contribution in [3.05, 3.63) is 46.6 Å². The molecule has 2 aromatic rings. The minimum atomic E-state index is -0.309. The summed E-state index contributed by atoms with van der Waals surface area (Å²) in [6, 6.07) is 6.55. The molecule has 0 aliphatic rings. The van der Waals surface area contributed by atoms with Crippen molar-refractivity contribution in [2.45, 2.75) is 13.5 Å². The molecule has 1 nitrogen and oxygen atoms in total. The van der Waals surface area contributed by atoms with Crippen molar-refractivity contribution in [2.24, 2.45) is 0 Å². The predicted octanol–water partition coefficient (Wildman–Crippen LogP) is 3.35. The van der Waals surface area contributed by atoms with Crippen LogP contribution in [-0.4, -0.2) is 5.11 Å². The van der Waals surface area contributed by atoms with Crippen molar-refractivity contribution < 1.29 is 9.50 Å². The number of thiophene rings is 1. The monoisotopic (exact) mass is 222 g/mol. The van der Waals surface area contributed by atoms with Crippen molar-refractivity contribution >= 4 is 11.3 Å². The molecule has 0 bridgehead atoms. The highest BCUT2D eigenvalue weighted by atomic mass is 32.1. The van der Waals surface area contributed by atoms with E-state index in [1.54, 1.807) is 17.4 Å². The Hall–Kier alpha value is -1.19. The summed E-state index contributed by atoms with van der Waals surface area (Å²) in [7, 11) is 0. The van der Waals surface area contributed by atoms with Crippen LogP contribution in [-0.2, 0) is 6.61 Å². The van der Waals surface area contributed by atoms with Crippen LogP contribution in [0.1, 0.15) is 11.1 Å². The van der Waals surface area contributed by atoms with Crippen LogP contribution in [0.25, 0.3) is 10.4 Å². The lowest BCUT2D eigenvalue weighted by molar-refractivity contribution is 0.282. The molecule has 2 rings (SSSR count). The SMILES string of the molecule is Cc1csc(-c2ccc(F)cc2CO)c1. The van der Waals surface area contributed by atoms with Crippen LogP contribution < -0.4 is 0 Å². The van der Waals surface area contributed by atoms with E-state index in [4.69, 9.17) is 5.11 Å². The fourth-order valence-corrected chi connectivity index (χ4v) is 2.47. The maximum Gasteiger partial charge on any atom is 0.123 e. The average Bonchev–Trinajstić information content (AvgIpc) is 2.64. The minimum absolute atomic E-state index is 0.135. The summed E-state index contributed by atoms with van der Waals surface area (Å²) in [6.07, 6.45) is 0. The highest BCUT2D eigenvalue weighted by Gasteiger charge is 2.07. The van der Waals surface area contributed by atoms with Crippen LogP contribution in [0, 0.1) is 12.7 Å². The first-order valence-electron chi connectivity index (χ1n) is 4.65. The average molecular weight is 222 g/mol. The first kappa shape index (κ1) is 10.3. The normalized spacial score (nSPS) is 10.6. The minimum Gasteiger partial charge on any atom is -0.392 e. The third-order valence-electron chi connectivity index (χ3n) is 2.23. The molecule has 0 amide bonds. The maximum atomic E-state index is 12.9. The van der Waals surface area contributed by atoms with Crippen LogP contribution in [0.2, 0.25) is 0 Å². The molecule has 0 aliphatic carbocycles. The summed E-state index contributed by atoms with van der Waals surface area (Å²) in [6.45, 7) is 1.88. The fraction of sp³-hybridized carbons (Fsp3) is 0.167. The lowest BCUT2D eigenvalue weighted by atomic mass is 10.1. The molecule has 0 unspecified atom stereocenters. The Morgan fingerprint density at radius 2 is 2.13 bits per heavy atom. The van der Waals surface area contributed by atoms with E-state index < -0.39 is 0 Å². The van der Waals surface area contributed by atoms with Crippen molar-refractivity contribution in [1.82, 2.24) is 0 Å². The summed E-state index contributed by atoms with van der Waals surface area (Å²) < 4.78 is 12.9. The van der Waals surface area contributed by atoms with E-state index in [2.05, 4.69) is 0 Å². The van der Waals surface area contributed by atoms with Crippen LogP contribution in [0.3, 0.4) is 0 Å². The molecular weight excluding hydrogens is 211 g/mol. The third kappa shape index (κ3) is 2.08. The number of halogens is 1. The quantitative estimate of drug-likeness (QED) is 0.826. The smallest absolute Gasteiger partial charge is 0.123 e. The highest BCUT2D eigenvalue weighted by molar-refractivity contribution is 7.13. The second-order valence-electron chi connectivity index (χ2n) is 3.45. The fourth-order valence-electron chi connectivity index (χ4n) is 1.51. The van der Waals surface area contributed by atoms with Crippen LogP contribution in [0.4, 0.5) is 4.39 Å². The molecule has 15 heavy (non-hydrogen) atoms. The second-order valence-corrected chi connectivity index (χ2v) is 4.36. The van der Waals surface area contributed by atoms with E-state index >= 15 is 0 Å². The zero-order valence-corrected chi connectivity index (χ0v) is 9.14. The maximum absolute atomic E-state index is 12.9. The molecule has 0 saturated carbocycles. The molecule has 0 fully saturated rings. The third-order valence-corrected chi connectivity index (χ3v) is 3.31. The van der Waals surface area contributed by atoms with Crippen molar-refractivity contribution in [1.29, 1.82) is 0 Å². The summed E-state index contributed by atoms with van der Waals surface area (Å²) in [5.74, 6) is -0.309. The molecule has 0 spiro atoms. The van der Waals surface area contributed by atoms with Gasteiger partial charge in [-0.15, -0.1) is 11.3 Å². The van der Waals surface area contributed by atoms with Gasteiger partial charge in [0.05, 0.1) is 6.61 Å². The Kier molecular flexibility index (Phi) is 2.84. The molecule has 0 aliphatic heterocycles. The van der Waals surface area contributed by atoms with Crippen molar-refractivity contribution in [3.8, 4) is 10.4 Å². The van der Waals surface area contributed by atoms with Crippen LogP contribution in [0.15, 0.2) is 29.6 Å². The number of aliphatic hydroxyl groups excluding tert-OH is 1. The Labute approximate surface area is 91.8 Å². The Bertz CT molecular complexity index is 476. The second kappa shape index (κ2) is 4.13. The predicted molar refractivity (Wildman–Crippen MR) is 60.4 cm³/mol. The van der Waals surface area contributed by atoms with Gasteiger partial charge in [-0.1, -0.05) is 6.07 Å². The van der Waals surface area contributed by atoms with Gasteiger partial charge in [0.1, 0.15) is 5.82 Å². The van der Waals surface area contributed by atoms with Gasteiger partial charge in [0.25, 0.3) is 0 Å². The largest absolute Gasteiger partial charge is 0.392 e. The van der Waals surface area contributed by atoms with Gasteiger partial charge in [-0.3, -0.25) is 0 Å². The molecule has 0 saturated heterocycles. The molecule has 1 heterocycles. The Morgan fingerprint density at radius 3 is 2.73 bits per heavy atom. The molecule has 0 radical (unpaired) electrons. The van der Waals surface area contributed by atoms with Crippen LogP contribution >= 0.6 is 11.3 Å². The molecule has 1 aromatic heterocycles. The number of benzene rings is 1. The van der Waals surface area contributed by atoms with E-state index in [0.717, 1.165) is 10.4 Å². The summed E-state index contributed by atoms with van der Waals surface area (Å²) in [4.78, 5) is 1.07. The molecule has 1 aromatic carbocycles. The van der Waals surface area contributed by atoms with E-state index in [1.165, 1.54) is 17.7 Å². The van der Waals surface area contributed by atoms with Gasteiger partial charge in [0.2, 0.25) is 0 Å². The van der Waals surface area contributed by atoms with Gasteiger partial charge in [-0.25, -0.2) is 4.39 Å². The van der Waals surface area contributed by atoms with Gasteiger partial charge in [-0.05, 0) is 47.2 Å². The molecule has 0 atom stereocenters. The van der Waals surface area contributed by atoms with Crippen LogP contribution in [0.5, 0.6) is 0 Å². The first-order valence-corrected chi connectivity index (χ1v) is 5.53. The van der Waals surface area contributed by atoms with E-state index in [0.29, 0.717) is 5.56 Å². The molecule has 78 valence electrons. The van der Waals surface area contributed by atoms with Gasteiger partial charge in [0.15, 0.2) is 0 Å². The van der Waals surface area contributed by atoms with E-state index in [-0.39, 0.29) is 12.4 Å². The van der Waals surface area contributed by atoms with E-state index in [9.17, 15) is 4.39 Å². The highest BCUT2D eigenvalue weighted by Crippen LogP contribution is 2.30. The van der Waals surface area contributed by atoms with Gasteiger partial charge >= 0.3 is 0 Å². The van der Waals surface area contributed by atoms with Gasteiger partial charge in [-0.2, -0.15) is 0 Å². The summed E-state index contributed by atoms with van der Waals surface area (Å²) in [5, 5.41) is 11.2. The summed E-state index contributed by atoms with van der Waals surface area (Å²) >= 11 is 1.60. The van der Waals surface area contributed by atoms with Crippen molar-refractivity contribution in [3.63, 3.8) is 0 Å². The standard InChI is InChI=1S/C12H11FOS/c1-8-4-12(15-7-8)11-3-2-10(13)5-9(11)6-14/h2-5,7,14H,6H2,1H3. The molecule has 3 heteroatoms. The zero-order chi connectivity index (χ0) is 10.8. The number of aryl methyl sites for hydroxylation is 1. The number of hydrogen-bond acceptors (Lipinski definition) is 2. The zero-order valence-electron chi connectivity index (χ0n) is 8.33. The summed E-state index contributed by atoms with van der Waals surface area (Å²) in [5.41, 5.74) is 2.73. The van der Waals surface area contributed by atoms with Crippen molar-refractivity contribution in [2.75, 3.05) is 0 Å². The molecule has 1 N–H and O–H groups in total. The molecular formula is C12H11FOS. The van der Waals surface area contributed by atoms with E-state index in [1.807, 2.05) is 18.4 Å². The Balaban J connectivity index is 2.52. The number of rotatable bonds is 2. The number of aliphatic hydroxyl groups is 1.